The Morgan fingerprint density at radius 1 is 1.04 bits per heavy atom. The van der Waals surface area contributed by atoms with Gasteiger partial charge in [-0.15, -0.1) is 11.3 Å². The summed E-state index contributed by atoms with van der Waals surface area (Å²) in [5.41, 5.74) is 4.77. The number of nitrogens with one attached hydrogen (secondary N) is 2. The van der Waals surface area contributed by atoms with Crippen LogP contribution < -0.4 is 10.6 Å². The zero-order valence-electron chi connectivity index (χ0n) is 13.3. The number of thiazole rings is 1. The molecule has 3 aromatic rings. The highest BCUT2D eigenvalue weighted by molar-refractivity contribution is 7.14. The first-order valence-electron chi connectivity index (χ1n) is 7.38. The van der Waals surface area contributed by atoms with E-state index in [0.29, 0.717) is 10.8 Å². The number of carbonyl (C=O) groups is 1. The van der Waals surface area contributed by atoms with Gasteiger partial charge in [-0.2, -0.15) is 0 Å². The van der Waals surface area contributed by atoms with Crippen LogP contribution in [0.25, 0.3) is 11.3 Å². The third-order valence-electron chi connectivity index (χ3n) is 3.63. The van der Waals surface area contributed by atoms with Gasteiger partial charge in [-0.1, -0.05) is 12.1 Å². The summed E-state index contributed by atoms with van der Waals surface area (Å²) in [6.07, 6.45) is 0. The lowest BCUT2D eigenvalue weighted by Gasteiger charge is -2.05. The second-order valence-corrected chi connectivity index (χ2v) is 6.28. The molecule has 0 saturated carbocycles. The van der Waals surface area contributed by atoms with E-state index in [9.17, 15) is 9.18 Å². The van der Waals surface area contributed by atoms with Crippen molar-refractivity contribution >= 4 is 28.2 Å². The molecule has 4 nitrogen and oxygen atoms in total. The molecule has 24 heavy (non-hydrogen) atoms. The lowest BCUT2D eigenvalue weighted by atomic mass is 10.1. The zero-order valence-corrected chi connectivity index (χ0v) is 14.1. The summed E-state index contributed by atoms with van der Waals surface area (Å²) in [6, 6.07) is 11.3. The molecule has 122 valence electrons. The van der Waals surface area contributed by atoms with Gasteiger partial charge in [0.05, 0.1) is 5.69 Å². The molecule has 2 N–H and O–H groups in total. The molecule has 3 rings (SSSR count). The molecule has 0 spiro atoms. The molecular formula is C18H16FN3OS. The van der Waals surface area contributed by atoms with Crippen molar-refractivity contribution in [2.75, 3.05) is 10.6 Å². The maximum absolute atomic E-state index is 12.9. The SMILES string of the molecule is Cc1ccc(-c2csc(NC(=O)Nc3ccc(F)cc3)n2)cc1C. The van der Waals surface area contributed by atoms with E-state index in [-0.39, 0.29) is 5.82 Å². The number of hydrogen-bond donors (Lipinski definition) is 2. The van der Waals surface area contributed by atoms with Crippen LogP contribution in [-0.2, 0) is 0 Å². The Morgan fingerprint density at radius 3 is 2.50 bits per heavy atom. The molecule has 2 amide bonds. The van der Waals surface area contributed by atoms with Crippen LogP contribution >= 0.6 is 11.3 Å². The van der Waals surface area contributed by atoms with Gasteiger partial charge >= 0.3 is 6.03 Å². The van der Waals surface area contributed by atoms with E-state index in [1.54, 1.807) is 0 Å². The Morgan fingerprint density at radius 2 is 1.79 bits per heavy atom. The van der Waals surface area contributed by atoms with Gasteiger partial charge in [0.15, 0.2) is 5.13 Å². The first kappa shape index (κ1) is 16.1. The van der Waals surface area contributed by atoms with E-state index in [1.807, 2.05) is 11.4 Å². The van der Waals surface area contributed by atoms with E-state index in [2.05, 4.69) is 41.6 Å². The van der Waals surface area contributed by atoms with E-state index < -0.39 is 6.03 Å². The van der Waals surface area contributed by atoms with Crippen LogP contribution in [0.5, 0.6) is 0 Å². The van der Waals surface area contributed by atoms with Crippen molar-refractivity contribution in [2.24, 2.45) is 0 Å². The second-order valence-electron chi connectivity index (χ2n) is 5.42. The van der Waals surface area contributed by atoms with E-state index in [4.69, 9.17) is 0 Å². The van der Waals surface area contributed by atoms with Crippen LogP contribution in [0.15, 0.2) is 47.8 Å². The van der Waals surface area contributed by atoms with Gasteiger partial charge in [-0.25, -0.2) is 14.2 Å². The van der Waals surface area contributed by atoms with Crippen molar-refractivity contribution in [1.82, 2.24) is 4.98 Å². The van der Waals surface area contributed by atoms with Gasteiger partial charge < -0.3 is 5.32 Å². The van der Waals surface area contributed by atoms with Crippen LogP contribution in [0.2, 0.25) is 0 Å². The van der Waals surface area contributed by atoms with Gasteiger partial charge in [0.1, 0.15) is 5.82 Å². The predicted molar refractivity (Wildman–Crippen MR) is 96.1 cm³/mol. The molecule has 0 saturated heterocycles. The molecule has 0 aliphatic heterocycles. The minimum atomic E-state index is -0.414. The number of halogens is 1. The van der Waals surface area contributed by atoms with Crippen LogP contribution in [-0.4, -0.2) is 11.0 Å². The first-order chi connectivity index (χ1) is 11.5. The normalized spacial score (nSPS) is 10.5. The fourth-order valence-corrected chi connectivity index (χ4v) is 2.87. The highest BCUT2D eigenvalue weighted by atomic mass is 32.1. The number of aromatic nitrogens is 1. The number of anilines is 2. The smallest absolute Gasteiger partial charge is 0.308 e. The minimum absolute atomic E-state index is 0.348. The van der Waals surface area contributed by atoms with Crippen molar-refractivity contribution in [2.45, 2.75) is 13.8 Å². The largest absolute Gasteiger partial charge is 0.325 e. The number of nitrogens with zero attached hydrogens (tertiary/aromatic N) is 1. The van der Waals surface area contributed by atoms with Crippen LogP contribution in [0.4, 0.5) is 20.0 Å². The van der Waals surface area contributed by atoms with Gasteiger partial charge in [0.25, 0.3) is 0 Å². The molecule has 0 bridgehead atoms. The molecule has 6 heteroatoms. The Labute approximate surface area is 143 Å². The van der Waals surface area contributed by atoms with Gasteiger partial charge in [-0.3, -0.25) is 5.32 Å². The fraction of sp³-hybridized carbons (Fsp3) is 0.111. The number of aryl methyl sites for hydroxylation is 2. The summed E-state index contributed by atoms with van der Waals surface area (Å²) in [5.74, 6) is -0.348. The number of rotatable bonds is 3. The van der Waals surface area contributed by atoms with Crippen LogP contribution in [0.3, 0.4) is 0 Å². The summed E-state index contributed by atoms with van der Waals surface area (Å²) in [5, 5.41) is 7.72. The average molecular weight is 341 g/mol. The summed E-state index contributed by atoms with van der Waals surface area (Å²) in [7, 11) is 0. The van der Waals surface area contributed by atoms with Gasteiger partial charge in [0.2, 0.25) is 0 Å². The van der Waals surface area contributed by atoms with Crippen molar-refractivity contribution in [3.8, 4) is 11.3 Å². The number of amides is 2. The monoisotopic (exact) mass is 341 g/mol. The molecular weight excluding hydrogens is 325 g/mol. The van der Waals surface area contributed by atoms with E-state index >= 15 is 0 Å². The number of hydrogen-bond acceptors (Lipinski definition) is 3. The van der Waals surface area contributed by atoms with Crippen LogP contribution in [0, 0.1) is 19.7 Å². The van der Waals surface area contributed by atoms with E-state index in [1.165, 1.54) is 46.7 Å². The Hall–Kier alpha value is -2.73. The molecule has 0 aliphatic rings. The first-order valence-corrected chi connectivity index (χ1v) is 8.26. The summed E-state index contributed by atoms with van der Waals surface area (Å²) in [4.78, 5) is 16.4. The Kier molecular flexibility index (Phi) is 4.57. The predicted octanol–water partition coefficient (Wildman–Crippen LogP) is 5.21. The molecule has 0 unspecified atom stereocenters. The Balaban J connectivity index is 1.68. The third kappa shape index (κ3) is 3.78. The molecule has 1 heterocycles. The highest BCUT2D eigenvalue weighted by Crippen LogP contribution is 2.26. The quantitative estimate of drug-likeness (QED) is 0.687. The maximum Gasteiger partial charge on any atom is 0.325 e. The van der Waals surface area contributed by atoms with E-state index in [0.717, 1.165) is 11.3 Å². The van der Waals surface area contributed by atoms with Crippen molar-refractivity contribution in [1.29, 1.82) is 0 Å². The number of benzene rings is 2. The third-order valence-corrected chi connectivity index (χ3v) is 4.39. The number of urea groups is 1. The molecule has 0 fully saturated rings. The number of carbonyl (C=O) groups excluding carboxylic acids is 1. The lowest BCUT2D eigenvalue weighted by molar-refractivity contribution is 0.262. The summed E-state index contributed by atoms with van der Waals surface area (Å²) >= 11 is 1.35. The van der Waals surface area contributed by atoms with Crippen LogP contribution in [0.1, 0.15) is 11.1 Å². The molecule has 1 aromatic heterocycles. The molecule has 0 atom stereocenters. The standard InChI is InChI=1S/C18H16FN3OS/c1-11-3-4-13(9-12(11)2)16-10-24-18(21-16)22-17(23)20-15-7-5-14(19)6-8-15/h3-10H,1-2H3,(H2,20,21,22,23). The lowest BCUT2D eigenvalue weighted by Crippen LogP contribution is -2.19. The molecule has 0 radical (unpaired) electrons. The fourth-order valence-electron chi connectivity index (χ4n) is 2.16. The molecule has 2 aromatic carbocycles. The van der Waals surface area contributed by atoms with Gasteiger partial charge in [-0.05, 0) is 55.3 Å². The van der Waals surface area contributed by atoms with Gasteiger partial charge in [0, 0.05) is 16.6 Å². The highest BCUT2D eigenvalue weighted by Gasteiger charge is 2.09. The van der Waals surface area contributed by atoms with Crippen molar-refractivity contribution < 1.29 is 9.18 Å². The maximum atomic E-state index is 12.9. The topological polar surface area (TPSA) is 54.0 Å². The molecule has 0 aliphatic carbocycles. The summed E-state index contributed by atoms with van der Waals surface area (Å²) in [6.45, 7) is 4.12. The second kappa shape index (κ2) is 6.80. The summed E-state index contributed by atoms with van der Waals surface area (Å²) < 4.78 is 12.9. The zero-order chi connectivity index (χ0) is 17.1. The van der Waals surface area contributed by atoms with Crippen molar-refractivity contribution in [3.63, 3.8) is 0 Å². The average Bonchev–Trinajstić information content (AvgIpc) is 3.00. The van der Waals surface area contributed by atoms with Crippen molar-refractivity contribution in [3.05, 3.63) is 64.8 Å². The minimum Gasteiger partial charge on any atom is -0.308 e. The Bertz CT molecular complexity index is 874.